The highest BCUT2D eigenvalue weighted by Crippen LogP contribution is 2.25. The molecule has 0 amide bonds. The summed E-state index contributed by atoms with van der Waals surface area (Å²) in [5.41, 5.74) is 0.930. The largest absolute Gasteiger partial charge is 0.459 e. The standard InChI is InChI=1S/C16H21N3OS.HI/c1-17-16(19-11-14-6-4-8-21-14)18-10-13-9-12-5-2-3-7-15(12)20-13;/h2-3,5,7,9,14H,4,6,8,10-11H2,1H3,(H2,17,18,19);1H. The molecular formula is C16H22IN3OS. The van der Waals surface area contributed by atoms with Gasteiger partial charge in [0.15, 0.2) is 5.96 Å². The molecule has 0 spiro atoms. The molecule has 1 saturated heterocycles. The maximum atomic E-state index is 5.79. The van der Waals surface area contributed by atoms with Gasteiger partial charge in [0, 0.05) is 24.2 Å². The molecular weight excluding hydrogens is 409 g/mol. The molecule has 2 aromatic rings. The number of para-hydroxylation sites is 1. The van der Waals surface area contributed by atoms with Gasteiger partial charge in [0.2, 0.25) is 0 Å². The summed E-state index contributed by atoms with van der Waals surface area (Å²) in [5.74, 6) is 3.05. The Labute approximate surface area is 152 Å². The van der Waals surface area contributed by atoms with E-state index in [9.17, 15) is 0 Å². The lowest BCUT2D eigenvalue weighted by molar-refractivity contribution is 0.538. The minimum Gasteiger partial charge on any atom is -0.459 e. The fourth-order valence-electron chi connectivity index (χ4n) is 2.53. The van der Waals surface area contributed by atoms with Gasteiger partial charge in [-0.1, -0.05) is 18.2 Å². The van der Waals surface area contributed by atoms with Gasteiger partial charge in [0.1, 0.15) is 11.3 Å². The zero-order valence-electron chi connectivity index (χ0n) is 12.7. The molecule has 120 valence electrons. The van der Waals surface area contributed by atoms with Crippen molar-refractivity contribution in [1.82, 2.24) is 10.6 Å². The Morgan fingerprint density at radius 2 is 2.23 bits per heavy atom. The first-order valence-corrected chi connectivity index (χ1v) is 8.43. The van der Waals surface area contributed by atoms with Crippen molar-refractivity contribution in [3.05, 3.63) is 36.1 Å². The average molecular weight is 431 g/mol. The van der Waals surface area contributed by atoms with Crippen molar-refractivity contribution in [3.63, 3.8) is 0 Å². The predicted octanol–water partition coefficient (Wildman–Crippen LogP) is 3.61. The normalized spacial score (nSPS) is 18.2. The molecule has 1 aliphatic heterocycles. The van der Waals surface area contributed by atoms with Crippen LogP contribution >= 0.6 is 35.7 Å². The van der Waals surface area contributed by atoms with E-state index in [-0.39, 0.29) is 24.0 Å². The second kappa shape index (κ2) is 8.67. The van der Waals surface area contributed by atoms with Gasteiger partial charge in [-0.15, -0.1) is 24.0 Å². The van der Waals surface area contributed by atoms with Crippen LogP contribution in [0.25, 0.3) is 11.0 Å². The molecule has 1 unspecified atom stereocenters. The summed E-state index contributed by atoms with van der Waals surface area (Å²) < 4.78 is 5.79. The minimum atomic E-state index is 0. The third-order valence-electron chi connectivity index (χ3n) is 3.65. The van der Waals surface area contributed by atoms with Crippen LogP contribution in [0.4, 0.5) is 0 Å². The third kappa shape index (κ3) is 4.55. The Balaban J connectivity index is 0.00000176. The summed E-state index contributed by atoms with van der Waals surface area (Å²) in [6.07, 6.45) is 2.64. The van der Waals surface area contributed by atoms with Crippen LogP contribution in [0.15, 0.2) is 39.7 Å². The number of hydrogen-bond acceptors (Lipinski definition) is 3. The molecule has 1 aliphatic rings. The van der Waals surface area contributed by atoms with Crippen LogP contribution in [0.1, 0.15) is 18.6 Å². The molecule has 2 N–H and O–H groups in total. The van der Waals surface area contributed by atoms with E-state index in [1.165, 1.54) is 18.6 Å². The number of guanidine groups is 1. The second-order valence-electron chi connectivity index (χ2n) is 5.19. The minimum absolute atomic E-state index is 0. The van der Waals surface area contributed by atoms with E-state index < -0.39 is 0 Å². The van der Waals surface area contributed by atoms with Crippen molar-refractivity contribution in [2.24, 2.45) is 4.99 Å². The van der Waals surface area contributed by atoms with Gasteiger partial charge >= 0.3 is 0 Å². The molecule has 1 atom stereocenters. The van der Waals surface area contributed by atoms with Crippen LogP contribution in [0.5, 0.6) is 0 Å². The van der Waals surface area contributed by atoms with E-state index in [0.29, 0.717) is 6.54 Å². The number of rotatable bonds is 4. The van der Waals surface area contributed by atoms with Crippen LogP contribution in [0.3, 0.4) is 0 Å². The molecule has 1 aromatic carbocycles. The molecule has 2 heterocycles. The quantitative estimate of drug-likeness (QED) is 0.441. The van der Waals surface area contributed by atoms with Gasteiger partial charge in [-0.3, -0.25) is 4.99 Å². The zero-order valence-corrected chi connectivity index (χ0v) is 15.8. The SMILES string of the molecule is CN=C(NCc1cc2ccccc2o1)NCC1CCCS1.I. The van der Waals surface area contributed by atoms with Crippen LogP contribution in [0.2, 0.25) is 0 Å². The van der Waals surface area contributed by atoms with E-state index in [4.69, 9.17) is 4.42 Å². The van der Waals surface area contributed by atoms with Crippen LogP contribution in [0, 0.1) is 0 Å². The molecule has 3 rings (SSSR count). The lowest BCUT2D eigenvalue weighted by Crippen LogP contribution is -2.39. The van der Waals surface area contributed by atoms with Crippen LogP contribution in [-0.2, 0) is 6.54 Å². The molecule has 1 aromatic heterocycles. The maximum absolute atomic E-state index is 5.79. The summed E-state index contributed by atoms with van der Waals surface area (Å²) >= 11 is 2.05. The molecule has 0 radical (unpaired) electrons. The number of nitrogens with zero attached hydrogens (tertiary/aromatic N) is 1. The lowest BCUT2D eigenvalue weighted by Gasteiger charge is -2.14. The first-order chi connectivity index (χ1) is 10.3. The number of halogens is 1. The Morgan fingerprint density at radius 1 is 1.36 bits per heavy atom. The maximum Gasteiger partial charge on any atom is 0.191 e. The van der Waals surface area contributed by atoms with Crippen LogP contribution in [-0.4, -0.2) is 30.6 Å². The van der Waals surface area contributed by atoms with E-state index in [1.54, 1.807) is 7.05 Å². The number of hydrogen-bond donors (Lipinski definition) is 2. The Bertz CT molecular complexity index is 590. The number of nitrogens with one attached hydrogen (secondary N) is 2. The van der Waals surface area contributed by atoms with E-state index in [2.05, 4.69) is 27.8 Å². The fraction of sp³-hybridized carbons (Fsp3) is 0.438. The summed E-state index contributed by atoms with van der Waals surface area (Å²) in [6, 6.07) is 10.1. The highest BCUT2D eigenvalue weighted by molar-refractivity contribution is 14.0. The topological polar surface area (TPSA) is 49.6 Å². The van der Waals surface area contributed by atoms with Crippen molar-refractivity contribution < 1.29 is 4.42 Å². The number of fused-ring (bicyclic) bond motifs is 1. The average Bonchev–Trinajstić information content (AvgIpc) is 3.16. The second-order valence-corrected chi connectivity index (χ2v) is 6.60. The summed E-state index contributed by atoms with van der Waals surface area (Å²) in [4.78, 5) is 4.26. The highest BCUT2D eigenvalue weighted by atomic mass is 127. The fourth-order valence-corrected chi connectivity index (χ4v) is 3.73. The van der Waals surface area contributed by atoms with Gasteiger partial charge in [0.25, 0.3) is 0 Å². The van der Waals surface area contributed by atoms with Gasteiger partial charge in [-0.2, -0.15) is 11.8 Å². The zero-order chi connectivity index (χ0) is 14.5. The Kier molecular flexibility index (Phi) is 6.88. The van der Waals surface area contributed by atoms with Crippen molar-refractivity contribution in [2.75, 3.05) is 19.3 Å². The first kappa shape index (κ1) is 17.5. The smallest absolute Gasteiger partial charge is 0.191 e. The van der Waals surface area contributed by atoms with Gasteiger partial charge in [-0.05, 0) is 30.7 Å². The summed E-state index contributed by atoms with van der Waals surface area (Å²) in [6.45, 7) is 1.62. The summed E-state index contributed by atoms with van der Waals surface area (Å²) in [7, 11) is 1.80. The first-order valence-electron chi connectivity index (χ1n) is 7.39. The molecule has 4 nitrogen and oxygen atoms in total. The van der Waals surface area contributed by atoms with Crippen molar-refractivity contribution >= 4 is 52.7 Å². The highest BCUT2D eigenvalue weighted by Gasteiger charge is 2.15. The number of benzene rings is 1. The molecule has 6 heteroatoms. The van der Waals surface area contributed by atoms with E-state index >= 15 is 0 Å². The summed E-state index contributed by atoms with van der Waals surface area (Å²) in [5, 5.41) is 8.55. The van der Waals surface area contributed by atoms with E-state index in [0.717, 1.165) is 34.5 Å². The lowest BCUT2D eigenvalue weighted by atomic mass is 10.2. The van der Waals surface area contributed by atoms with Gasteiger partial charge < -0.3 is 15.1 Å². The van der Waals surface area contributed by atoms with E-state index in [1.807, 2.05) is 30.0 Å². The molecule has 0 saturated carbocycles. The van der Waals surface area contributed by atoms with Crippen molar-refractivity contribution in [3.8, 4) is 0 Å². The monoisotopic (exact) mass is 431 g/mol. The van der Waals surface area contributed by atoms with Gasteiger partial charge in [0.05, 0.1) is 6.54 Å². The Morgan fingerprint density at radius 3 is 2.95 bits per heavy atom. The predicted molar refractivity (Wildman–Crippen MR) is 105 cm³/mol. The molecule has 0 bridgehead atoms. The molecule has 22 heavy (non-hydrogen) atoms. The Hall–Kier alpha value is -0.890. The third-order valence-corrected chi connectivity index (χ3v) is 5.05. The number of aliphatic imine (C=N–C) groups is 1. The number of furan rings is 1. The molecule has 1 fully saturated rings. The van der Waals surface area contributed by atoms with Crippen molar-refractivity contribution in [1.29, 1.82) is 0 Å². The van der Waals surface area contributed by atoms with Gasteiger partial charge in [-0.25, -0.2) is 0 Å². The number of thioether (sulfide) groups is 1. The van der Waals surface area contributed by atoms with Crippen molar-refractivity contribution in [2.45, 2.75) is 24.6 Å². The molecule has 0 aliphatic carbocycles. The van der Waals surface area contributed by atoms with Crippen LogP contribution < -0.4 is 10.6 Å².